The van der Waals surface area contributed by atoms with Gasteiger partial charge in [-0.15, -0.1) is 0 Å². The van der Waals surface area contributed by atoms with E-state index in [4.69, 9.17) is 19.8 Å². The molecule has 0 aromatic carbocycles. The van der Waals surface area contributed by atoms with Crippen LogP contribution in [0.5, 0.6) is 0 Å². The molecule has 0 aromatic rings. The Labute approximate surface area is 128 Å². The number of aliphatic hydroxyl groups is 1. The smallest absolute Gasteiger partial charge is 0.106 e. The van der Waals surface area contributed by atoms with E-state index in [0.29, 0.717) is 6.42 Å². The fraction of sp³-hybridized carbons (Fsp3) is 0.929. The van der Waals surface area contributed by atoms with Crippen LogP contribution in [0, 0.1) is 11.3 Å². The van der Waals surface area contributed by atoms with Gasteiger partial charge in [0.1, 0.15) is 5.60 Å². The number of hydrogen-bond acceptors (Lipinski definition) is 4. The van der Waals surface area contributed by atoms with Crippen molar-refractivity contribution in [1.82, 2.24) is 0 Å². The number of fused-ring (bicyclic) bond motifs is 1. The summed E-state index contributed by atoms with van der Waals surface area (Å²) in [5.74, 6) is 0. The summed E-state index contributed by atoms with van der Waals surface area (Å²) in [6.07, 6.45) is 6.73. The van der Waals surface area contributed by atoms with Gasteiger partial charge in [0.2, 0.25) is 0 Å². The van der Waals surface area contributed by atoms with Gasteiger partial charge in [0.15, 0.2) is 0 Å². The van der Waals surface area contributed by atoms with Crippen LogP contribution >= 0.6 is 22.6 Å². The normalized spacial score (nSPS) is 37.8. The van der Waals surface area contributed by atoms with Crippen LogP contribution in [0.3, 0.4) is 0 Å². The minimum absolute atomic E-state index is 0.154. The molecule has 2 saturated heterocycles. The maximum atomic E-state index is 8.93. The van der Waals surface area contributed by atoms with E-state index in [1.807, 2.05) is 0 Å². The Kier molecular flexibility index (Phi) is 5.87. The van der Waals surface area contributed by atoms with E-state index in [9.17, 15) is 0 Å². The van der Waals surface area contributed by atoms with Crippen molar-refractivity contribution in [3.63, 3.8) is 0 Å². The first kappa shape index (κ1) is 15.5. The van der Waals surface area contributed by atoms with Gasteiger partial charge in [-0.25, -0.2) is 0 Å². The molecule has 19 heavy (non-hydrogen) atoms. The van der Waals surface area contributed by atoms with Crippen LogP contribution in [0.25, 0.3) is 0 Å². The van der Waals surface area contributed by atoms with Crippen LogP contribution in [-0.4, -0.2) is 40.1 Å². The average Bonchev–Trinajstić information content (AvgIpc) is 2.81. The molecule has 2 aliphatic heterocycles. The number of ether oxygens (including phenoxy) is 2. The molecule has 4 nitrogen and oxygen atoms in total. The first-order chi connectivity index (χ1) is 9.24. The Morgan fingerprint density at radius 3 is 2.84 bits per heavy atom. The third-order valence-corrected chi connectivity index (χ3v) is 5.45. The summed E-state index contributed by atoms with van der Waals surface area (Å²) in [5, 5.41) is 17.6. The predicted octanol–water partition coefficient (Wildman–Crippen LogP) is 2.57. The number of nitriles is 1. The molecule has 2 aliphatic rings. The zero-order chi connectivity index (χ0) is 13.7. The largest absolute Gasteiger partial charge is 0.396 e. The molecule has 108 valence electrons. The second-order valence-corrected chi connectivity index (χ2v) is 6.29. The molecule has 0 amide bonds. The van der Waals surface area contributed by atoms with Crippen molar-refractivity contribution < 1.29 is 14.6 Å². The molecule has 0 spiro atoms. The lowest BCUT2D eigenvalue weighted by Gasteiger charge is -2.41. The van der Waals surface area contributed by atoms with E-state index in [-0.39, 0.29) is 30.5 Å². The van der Waals surface area contributed by atoms with Crippen molar-refractivity contribution >= 4 is 22.6 Å². The fourth-order valence-corrected chi connectivity index (χ4v) is 4.18. The number of alkyl halides is 1. The van der Waals surface area contributed by atoms with E-state index >= 15 is 0 Å². The van der Waals surface area contributed by atoms with E-state index in [0.717, 1.165) is 43.0 Å². The maximum absolute atomic E-state index is 8.93. The lowest BCUT2D eigenvalue weighted by Crippen LogP contribution is -2.49. The van der Waals surface area contributed by atoms with Gasteiger partial charge >= 0.3 is 0 Å². The highest BCUT2D eigenvalue weighted by atomic mass is 127. The van der Waals surface area contributed by atoms with Crippen LogP contribution in [0.4, 0.5) is 0 Å². The number of nitrogens with zero attached hydrogens (tertiary/aromatic N) is 1. The summed E-state index contributed by atoms with van der Waals surface area (Å²) >= 11 is 2.39. The van der Waals surface area contributed by atoms with Gasteiger partial charge in [-0.1, -0.05) is 22.6 Å². The van der Waals surface area contributed by atoms with E-state index in [1.54, 1.807) is 0 Å². The topological polar surface area (TPSA) is 62.5 Å². The molecule has 1 N–H and O–H groups in total. The maximum Gasteiger partial charge on any atom is 0.106 e. The summed E-state index contributed by atoms with van der Waals surface area (Å²) in [6.45, 7) is 0.230. The third kappa shape index (κ3) is 3.60. The van der Waals surface area contributed by atoms with Gasteiger partial charge in [-0.3, -0.25) is 0 Å². The van der Waals surface area contributed by atoms with E-state index < -0.39 is 0 Å². The zero-order valence-electron chi connectivity index (χ0n) is 11.2. The Balaban J connectivity index is 1.95. The van der Waals surface area contributed by atoms with Crippen molar-refractivity contribution in [3.8, 4) is 6.07 Å². The lowest BCUT2D eigenvalue weighted by molar-refractivity contribution is -0.153. The Bertz CT molecular complexity index is 333. The van der Waals surface area contributed by atoms with Gasteiger partial charge in [-0.2, -0.15) is 5.26 Å². The van der Waals surface area contributed by atoms with Crippen molar-refractivity contribution in [2.24, 2.45) is 0 Å². The van der Waals surface area contributed by atoms with Crippen molar-refractivity contribution in [2.45, 2.75) is 68.9 Å². The first-order valence-corrected chi connectivity index (χ1v) is 8.63. The molecule has 0 aromatic heterocycles. The predicted molar refractivity (Wildman–Crippen MR) is 80.2 cm³/mol. The molecule has 4 atom stereocenters. The quantitative estimate of drug-likeness (QED) is 0.569. The number of halogens is 1. The van der Waals surface area contributed by atoms with Crippen LogP contribution in [0.2, 0.25) is 0 Å². The van der Waals surface area contributed by atoms with Crippen LogP contribution in [-0.2, 0) is 9.47 Å². The summed E-state index contributed by atoms with van der Waals surface area (Å²) in [6, 6.07) is 2.20. The molecule has 0 saturated carbocycles. The number of hydrogen-bond donors (Lipinski definition) is 1. The molecular formula is C14H22INO3. The van der Waals surface area contributed by atoms with Crippen LogP contribution in [0.15, 0.2) is 0 Å². The highest BCUT2D eigenvalue weighted by Crippen LogP contribution is 2.44. The average molecular weight is 379 g/mol. The van der Waals surface area contributed by atoms with Crippen molar-refractivity contribution in [3.05, 3.63) is 0 Å². The molecule has 0 radical (unpaired) electrons. The molecule has 0 aliphatic carbocycles. The minimum Gasteiger partial charge on any atom is -0.396 e. The summed E-state index contributed by atoms with van der Waals surface area (Å²) in [4.78, 5) is 0. The Morgan fingerprint density at radius 2 is 2.16 bits per heavy atom. The van der Waals surface area contributed by atoms with Gasteiger partial charge in [-0.05, 0) is 32.1 Å². The van der Waals surface area contributed by atoms with Crippen molar-refractivity contribution in [2.75, 3.05) is 11.0 Å². The minimum atomic E-state index is -0.154. The second kappa shape index (κ2) is 7.21. The molecule has 5 heteroatoms. The zero-order valence-corrected chi connectivity index (χ0v) is 13.3. The highest BCUT2D eigenvalue weighted by Gasteiger charge is 2.51. The molecule has 2 rings (SSSR count). The molecule has 3 unspecified atom stereocenters. The first-order valence-electron chi connectivity index (χ1n) is 7.11. The number of aliphatic hydroxyl groups excluding tert-OH is 1. The summed E-state index contributed by atoms with van der Waals surface area (Å²) in [5.41, 5.74) is -0.154. The molecule has 0 bridgehead atoms. The van der Waals surface area contributed by atoms with Gasteiger partial charge in [0.05, 0.1) is 24.4 Å². The highest BCUT2D eigenvalue weighted by molar-refractivity contribution is 14.1. The number of rotatable bonds is 6. The van der Waals surface area contributed by atoms with E-state index in [2.05, 4.69) is 28.7 Å². The van der Waals surface area contributed by atoms with E-state index in [1.165, 1.54) is 0 Å². The van der Waals surface area contributed by atoms with Gasteiger partial charge in [0, 0.05) is 23.9 Å². The van der Waals surface area contributed by atoms with Crippen molar-refractivity contribution in [1.29, 1.82) is 5.26 Å². The van der Waals surface area contributed by atoms with Gasteiger partial charge in [0.25, 0.3) is 0 Å². The summed E-state index contributed by atoms with van der Waals surface area (Å²) in [7, 11) is 0. The lowest BCUT2D eigenvalue weighted by atomic mass is 9.87. The second-order valence-electron chi connectivity index (χ2n) is 5.53. The molecule has 2 heterocycles. The van der Waals surface area contributed by atoms with Gasteiger partial charge < -0.3 is 14.6 Å². The molecule has 2 fully saturated rings. The van der Waals surface area contributed by atoms with Crippen LogP contribution in [0.1, 0.15) is 44.9 Å². The Hall–Kier alpha value is 0.1000. The fourth-order valence-electron chi connectivity index (χ4n) is 3.19. The standard InChI is InChI=1S/C14H22INO3/c15-10-14-9-12(4-2-8-17)18-13(14)6-5-11(19-14)3-1-7-16/h11-13,17H,1-6,8-10H2/t11?,12?,13?,14-/m1/s1. The third-order valence-electron chi connectivity index (χ3n) is 4.16. The van der Waals surface area contributed by atoms with Crippen LogP contribution < -0.4 is 0 Å². The SMILES string of the molecule is N#CCCC1CCC2OC(CCCO)C[C@]2(CI)O1. The monoisotopic (exact) mass is 379 g/mol. The Morgan fingerprint density at radius 1 is 1.32 bits per heavy atom. The molecular weight excluding hydrogens is 357 g/mol. The summed E-state index contributed by atoms with van der Waals surface area (Å²) < 4.78 is 13.4.